The molecule has 1 aliphatic heterocycles. The fourth-order valence-electron chi connectivity index (χ4n) is 2.80. The third-order valence-electron chi connectivity index (χ3n) is 3.94. The zero-order chi connectivity index (χ0) is 18.1. The van der Waals surface area contributed by atoms with Gasteiger partial charge in [-0.3, -0.25) is 0 Å². The molecule has 1 aromatic carbocycles. The Balaban J connectivity index is 0.000000648. The Labute approximate surface area is 151 Å². The van der Waals surface area contributed by atoms with E-state index in [4.69, 9.17) is 16.9 Å². The second-order valence-electron chi connectivity index (χ2n) is 6.60. The molecule has 1 aliphatic rings. The molecule has 132 valence electrons. The Morgan fingerprint density at radius 3 is 2.58 bits per heavy atom. The molecule has 0 spiro atoms. The van der Waals surface area contributed by atoms with E-state index in [1.165, 1.54) is 6.42 Å². The number of rotatable bonds is 5. The molecule has 1 atom stereocenters. The molecule has 1 saturated heterocycles. The van der Waals surface area contributed by atoms with Crippen LogP contribution in [0.1, 0.15) is 39.2 Å². The molecule has 0 saturated carbocycles. The van der Waals surface area contributed by atoms with Crippen molar-refractivity contribution in [1.29, 1.82) is 5.26 Å². The van der Waals surface area contributed by atoms with Gasteiger partial charge in [0.05, 0.1) is 10.6 Å². The van der Waals surface area contributed by atoms with E-state index in [0.29, 0.717) is 29.0 Å². The van der Waals surface area contributed by atoms with E-state index < -0.39 is 0 Å². The van der Waals surface area contributed by atoms with Gasteiger partial charge >= 0.3 is 0 Å². The molecule has 1 aromatic rings. The van der Waals surface area contributed by atoms with Gasteiger partial charge in [-0.15, -0.1) is 0 Å². The third kappa shape index (κ3) is 6.14. The number of likely N-dealkylation sites (tertiary alicyclic amines) is 1. The van der Waals surface area contributed by atoms with Crippen molar-refractivity contribution in [2.24, 2.45) is 5.92 Å². The first-order valence-corrected chi connectivity index (χ1v) is 8.89. The van der Waals surface area contributed by atoms with Gasteiger partial charge in [-0.25, -0.2) is 0 Å². The van der Waals surface area contributed by atoms with Gasteiger partial charge in [0.2, 0.25) is 0 Å². The molecule has 0 aromatic heterocycles. The van der Waals surface area contributed by atoms with Crippen molar-refractivity contribution in [3.8, 4) is 6.07 Å². The molecular formula is C19H28ClN3O. The summed E-state index contributed by atoms with van der Waals surface area (Å²) >= 11 is 6.19. The average molecular weight is 350 g/mol. The highest BCUT2D eigenvalue weighted by molar-refractivity contribution is 6.32. The number of hydrogen-bond donors (Lipinski definition) is 0. The van der Waals surface area contributed by atoms with E-state index in [1.54, 1.807) is 0 Å². The molecule has 1 fully saturated rings. The monoisotopic (exact) mass is 349 g/mol. The van der Waals surface area contributed by atoms with Crippen molar-refractivity contribution in [2.45, 2.75) is 39.7 Å². The molecule has 2 rings (SSSR count). The quantitative estimate of drug-likeness (QED) is 0.754. The number of nitrogens with zero attached hydrogens (tertiary/aromatic N) is 3. The summed E-state index contributed by atoms with van der Waals surface area (Å²) in [6.45, 7) is 9.52. The smallest absolute Gasteiger partial charge is 0.119 e. The van der Waals surface area contributed by atoms with E-state index in [1.807, 2.05) is 25.1 Å². The highest BCUT2D eigenvalue weighted by Crippen LogP contribution is 2.28. The number of nitriles is 1. The van der Waals surface area contributed by atoms with E-state index >= 15 is 0 Å². The molecule has 0 bridgehead atoms. The molecular weight excluding hydrogens is 322 g/mol. The number of halogens is 1. The Morgan fingerprint density at radius 2 is 2.17 bits per heavy atom. The van der Waals surface area contributed by atoms with Gasteiger partial charge in [-0.1, -0.05) is 32.4 Å². The van der Waals surface area contributed by atoms with Crippen LogP contribution in [0.15, 0.2) is 18.2 Å². The van der Waals surface area contributed by atoms with Crippen LogP contribution < -0.4 is 4.90 Å². The number of benzene rings is 1. The maximum absolute atomic E-state index is 9.17. The van der Waals surface area contributed by atoms with Crippen LogP contribution in [-0.2, 0) is 4.79 Å². The van der Waals surface area contributed by atoms with Crippen LogP contribution in [0.25, 0.3) is 0 Å². The largest absolute Gasteiger partial charge is 0.367 e. The minimum atomic E-state index is 0.534. The van der Waals surface area contributed by atoms with E-state index in [9.17, 15) is 4.79 Å². The lowest BCUT2D eigenvalue weighted by molar-refractivity contribution is -0.107. The summed E-state index contributed by atoms with van der Waals surface area (Å²) in [5, 5.41) is 9.53. The number of likely N-dealkylation sites (N-methyl/N-ethyl adjacent to an activating group) is 1. The molecule has 0 aliphatic carbocycles. The van der Waals surface area contributed by atoms with Gasteiger partial charge in [0.15, 0.2) is 0 Å². The average Bonchev–Trinajstić information content (AvgIpc) is 2.98. The van der Waals surface area contributed by atoms with Crippen molar-refractivity contribution in [1.82, 2.24) is 4.90 Å². The molecule has 0 radical (unpaired) electrons. The first-order chi connectivity index (χ1) is 11.4. The summed E-state index contributed by atoms with van der Waals surface area (Å²) in [6, 6.07) is 8.43. The fraction of sp³-hybridized carbons (Fsp3) is 0.579. The maximum atomic E-state index is 9.17. The lowest BCUT2D eigenvalue weighted by Crippen LogP contribution is -2.39. The second-order valence-corrected chi connectivity index (χ2v) is 7.01. The summed E-state index contributed by atoms with van der Waals surface area (Å²) in [4.78, 5) is 14.0. The van der Waals surface area contributed by atoms with Crippen molar-refractivity contribution in [2.75, 3.05) is 31.6 Å². The van der Waals surface area contributed by atoms with Crippen LogP contribution in [0.2, 0.25) is 5.02 Å². The molecule has 5 heteroatoms. The summed E-state index contributed by atoms with van der Waals surface area (Å²) in [6.07, 6.45) is 2.70. The van der Waals surface area contributed by atoms with Gasteiger partial charge in [0.25, 0.3) is 0 Å². The molecule has 0 amide bonds. The Morgan fingerprint density at radius 1 is 1.50 bits per heavy atom. The molecule has 1 unspecified atom stereocenters. The van der Waals surface area contributed by atoms with Gasteiger partial charge in [-0.05, 0) is 44.1 Å². The summed E-state index contributed by atoms with van der Waals surface area (Å²) in [5.41, 5.74) is 1.67. The van der Waals surface area contributed by atoms with Gasteiger partial charge in [0.1, 0.15) is 12.4 Å². The first-order valence-electron chi connectivity index (χ1n) is 8.51. The minimum Gasteiger partial charge on any atom is -0.367 e. The van der Waals surface area contributed by atoms with Gasteiger partial charge in [-0.2, -0.15) is 5.26 Å². The Kier molecular flexibility index (Phi) is 8.81. The second kappa shape index (κ2) is 10.3. The number of hydrogen-bond acceptors (Lipinski definition) is 4. The predicted octanol–water partition coefficient (Wildman–Crippen LogP) is 3.97. The summed E-state index contributed by atoms with van der Waals surface area (Å²) in [7, 11) is 2.17. The zero-order valence-corrected chi connectivity index (χ0v) is 15.9. The lowest BCUT2D eigenvalue weighted by atomic mass is 10.1. The van der Waals surface area contributed by atoms with Crippen molar-refractivity contribution < 1.29 is 4.79 Å². The highest BCUT2D eigenvalue weighted by atomic mass is 35.5. The number of aldehydes is 1. The molecule has 4 nitrogen and oxygen atoms in total. The molecule has 0 N–H and O–H groups in total. The highest BCUT2D eigenvalue weighted by Gasteiger charge is 2.26. The Hall–Kier alpha value is -1.57. The number of carbonyl (C=O) groups is 1. The zero-order valence-electron chi connectivity index (χ0n) is 15.1. The minimum absolute atomic E-state index is 0.534. The van der Waals surface area contributed by atoms with E-state index in [-0.39, 0.29) is 0 Å². The van der Waals surface area contributed by atoms with Crippen LogP contribution in [0.3, 0.4) is 0 Å². The van der Waals surface area contributed by atoms with E-state index in [0.717, 1.165) is 31.6 Å². The standard InChI is InChI=1S/C16H22ClN3.C3H6O/c1-12(2)10-20(15-6-7-19(3)11-15)14-5-4-13(9-18)16(17)8-14;1-2-3-4/h4-5,8,12,15H,6-7,10-11H2,1-3H3;3H,2H2,1H3. The SMILES string of the molecule is CC(C)CN(c1ccc(C#N)c(Cl)c1)C1CCN(C)C1.CCC=O. The fourth-order valence-corrected chi connectivity index (χ4v) is 3.02. The van der Waals surface area contributed by atoms with Crippen LogP contribution in [-0.4, -0.2) is 43.9 Å². The maximum Gasteiger partial charge on any atom is 0.119 e. The van der Waals surface area contributed by atoms with Crippen molar-refractivity contribution in [3.05, 3.63) is 28.8 Å². The molecule has 24 heavy (non-hydrogen) atoms. The first kappa shape index (κ1) is 20.5. The van der Waals surface area contributed by atoms with Crippen LogP contribution in [0.5, 0.6) is 0 Å². The Bertz CT molecular complexity index is 568. The van der Waals surface area contributed by atoms with Crippen LogP contribution >= 0.6 is 11.6 Å². The van der Waals surface area contributed by atoms with Crippen LogP contribution in [0, 0.1) is 17.2 Å². The van der Waals surface area contributed by atoms with Gasteiger partial charge < -0.3 is 14.6 Å². The van der Waals surface area contributed by atoms with Crippen molar-refractivity contribution in [3.63, 3.8) is 0 Å². The summed E-state index contributed by atoms with van der Waals surface area (Å²) in [5.74, 6) is 0.593. The third-order valence-corrected chi connectivity index (χ3v) is 4.25. The summed E-state index contributed by atoms with van der Waals surface area (Å²) < 4.78 is 0. The van der Waals surface area contributed by atoms with Crippen LogP contribution in [0.4, 0.5) is 5.69 Å². The lowest BCUT2D eigenvalue weighted by Gasteiger charge is -2.33. The number of anilines is 1. The normalized spacial score (nSPS) is 17.1. The molecule has 1 heterocycles. The van der Waals surface area contributed by atoms with Gasteiger partial charge in [0, 0.05) is 31.2 Å². The predicted molar refractivity (Wildman–Crippen MR) is 101 cm³/mol. The van der Waals surface area contributed by atoms with E-state index in [2.05, 4.69) is 36.8 Å². The van der Waals surface area contributed by atoms with Crippen molar-refractivity contribution >= 4 is 23.6 Å². The topological polar surface area (TPSA) is 47.3 Å². The number of carbonyl (C=O) groups excluding carboxylic acids is 1.